The summed E-state index contributed by atoms with van der Waals surface area (Å²) in [5.41, 5.74) is 7.80. The van der Waals surface area contributed by atoms with Crippen LogP contribution < -0.4 is 5.73 Å². The molecule has 2 atom stereocenters. The van der Waals surface area contributed by atoms with Crippen LogP contribution in [0.25, 0.3) is 0 Å². The summed E-state index contributed by atoms with van der Waals surface area (Å²) >= 11 is 3.55. The van der Waals surface area contributed by atoms with Crippen molar-refractivity contribution in [2.45, 2.75) is 19.0 Å². The molecule has 3 nitrogen and oxygen atoms in total. The normalized spacial score (nSPS) is 13.9. The Morgan fingerprint density at radius 3 is 2.61 bits per heavy atom. The molecule has 2 rings (SSSR count). The quantitative estimate of drug-likeness (QED) is 0.947. The van der Waals surface area contributed by atoms with Crippen LogP contribution in [0, 0.1) is 11.3 Å². The molecular weight excluding hydrogens is 290 g/mol. The maximum Gasteiger partial charge on any atom is 0.120 e. The molecule has 0 radical (unpaired) electrons. The molecule has 1 aromatic carbocycles. The minimum atomic E-state index is -0.0943. The second-order valence-corrected chi connectivity index (χ2v) is 5.09. The van der Waals surface area contributed by atoms with E-state index in [-0.39, 0.29) is 12.1 Å². The van der Waals surface area contributed by atoms with Crippen LogP contribution in [0.2, 0.25) is 0 Å². The SMILES string of the molecule is CC(N)C(c1ccccc1Br)n1cccc1C#N. The average molecular weight is 304 g/mol. The number of nitrogens with zero attached hydrogens (tertiary/aromatic N) is 2. The molecule has 0 bridgehead atoms. The largest absolute Gasteiger partial charge is 0.330 e. The van der Waals surface area contributed by atoms with Crippen LogP contribution in [0.5, 0.6) is 0 Å². The second kappa shape index (κ2) is 5.38. The lowest BCUT2D eigenvalue weighted by Gasteiger charge is -2.25. The maximum atomic E-state index is 9.13. The summed E-state index contributed by atoms with van der Waals surface area (Å²) in [7, 11) is 0. The van der Waals surface area contributed by atoms with Crippen molar-refractivity contribution < 1.29 is 0 Å². The van der Waals surface area contributed by atoms with Gasteiger partial charge in [0.1, 0.15) is 11.8 Å². The van der Waals surface area contributed by atoms with E-state index in [0.29, 0.717) is 5.69 Å². The van der Waals surface area contributed by atoms with Gasteiger partial charge in [-0.3, -0.25) is 0 Å². The van der Waals surface area contributed by atoms with E-state index in [9.17, 15) is 0 Å². The second-order valence-electron chi connectivity index (χ2n) is 4.24. The summed E-state index contributed by atoms with van der Waals surface area (Å²) in [5.74, 6) is 0. The van der Waals surface area contributed by atoms with Gasteiger partial charge in [0.2, 0.25) is 0 Å². The van der Waals surface area contributed by atoms with Crippen LogP contribution in [-0.2, 0) is 0 Å². The van der Waals surface area contributed by atoms with Crippen LogP contribution in [0.4, 0.5) is 0 Å². The zero-order chi connectivity index (χ0) is 13.1. The van der Waals surface area contributed by atoms with Gasteiger partial charge in [-0.05, 0) is 30.7 Å². The molecule has 2 unspecified atom stereocenters. The number of hydrogen-bond donors (Lipinski definition) is 1. The first-order chi connectivity index (χ1) is 8.65. The number of nitriles is 1. The van der Waals surface area contributed by atoms with Gasteiger partial charge >= 0.3 is 0 Å². The molecule has 1 aromatic heterocycles. The van der Waals surface area contributed by atoms with Crippen LogP contribution >= 0.6 is 15.9 Å². The molecule has 0 amide bonds. The van der Waals surface area contributed by atoms with E-state index < -0.39 is 0 Å². The van der Waals surface area contributed by atoms with Crippen molar-refractivity contribution in [2.24, 2.45) is 5.73 Å². The molecule has 2 aromatic rings. The fourth-order valence-corrected chi connectivity index (χ4v) is 2.65. The summed E-state index contributed by atoms with van der Waals surface area (Å²) in [6, 6.07) is 13.7. The zero-order valence-corrected chi connectivity index (χ0v) is 11.6. The highest BCUT2D eigenvalue weighted by molar-refractivity contribution is 9.10. The summed E-state index contributed by atoms with van der Waals surface area (Å²) in [5, 5.41) is 9.13. The molecule has 92 valence electrons. The van der Waals surface area contributed by atoms with Gasteiger partial charge in [-0.25, -0.2) is 0 Å². The summed E-state index contributed by atoms with van der Waals surface area (Å²) in [4.78, 5) is 0. The van der Waals surface area contributed by atoms with E-state index in [4.69, 9.17) is 11.0 Å². The number of aromatic nitrogens is 1. The highest BCUT2D eigenvalue weighted by Crippen LogP contribution is 2.29. The lowest BCUT2D eigenvalue weighted by atomic mass is 10.0. The molecular formula is C14H14BrN3. The van der Waals surface area contributed by atoms with Crippen molar-refractivity contribution in [1.82, 2.24) is 4.57 Å². The summed E-state index contributed by atoms with van der Waals surface area (Å²) < 4.78 is 2.93. The molecule has 1 heterocycles. The van der Waals surface area contributed by atoms with Gasteiger partial charge in [-0.1, -0.05) is 34.1 Å². The number of halogens is 1. The Hall–Kier alpha value is -1.57. The van der Waals surface area contributed by atoms with Crippen LogP contribution in [0.15, 0.2) is 47.1 Å². The van der Waals surface area contributed by atoms with Gasteiger partial charge < -0.3 is 10.3 Å². The van der Waals surface area contributed by atoms with Crippen LogP contribution in [0.3, 0.4) is 0 Å². The zero-order valence-electron chi connectivity index (χ0n) is 10.0. The van der Waals surface area contributed by atoms with Crippen molar-refractivity contribution in [3.8, 4) is 6.07 Å². The first-order valence-corrected chi connectivity index (χ1v) is 6.51. The van der Waals surface area contributed by atoms with E-state index in [1.165, 1.54) is 0 Å². The topological polar surface area (TPSA) is 54.7 Å². The van der Waals surface area contributed by atoms with Crippen molar-refractivity contribution in [3.63, 3.8) is 0 Å². The molecule has 0 aliphatic heterocycles. The molecule has 18 heavy (non-hydrogen) atoms. The minimum absolute atomic E-state index is 0.0507. The Balaban J connectivity index is 2.55. The van der Waals surface area contributed by atoms with Crippen molar-refractivity contribution >= 4 is 15.9 Å². The average Bonchev–Trinajstić information content (AvgIpc) is 2.79. The monoisotopic (exact) mass is 303 g/mol. The van der Waals surface area contributed by atoms with E-state index in [0.717, 1.165) is 10.0 Å². The van der Waals surface area contributed by atoms with Crippen LogP contribution in [0.1, 0.15) is 24.2 Å². The Bertz CT molecular complexity index is 579. The van der Waals surface area contributed by atoms with E-state index in [1.807, 2.05) is 48.0 Å². The van der Waals surface area contributed by atoms with Crippen molar-refractivity contribution in [1.29, 1.82) is 5.26 Å². The van der Waals surface area contributed by atoms with Crippen LogP contribution in [-0.4, -0.2) is 10.6 Å². The fraction of sp³-hybridized carbons (Fsp3) is 0.214. The highest BCUT2D eigenvalue weighted by atomic mass is 79.9. The predicted octanol–water partition coefficient (Wildman–Crippen LogP) is 3.06. The Labute approximate surface area is 115 Å². The third-order valence-electron chi connectivity index (χ3n) is 2.92. The minimum Gasteiger partial charge on any atom is -0.330 e. The highest BCUT2D eigenvalue weighted by Gasteiger charge is 2.21. The summed E-state index contributed by atoms with van der Waals surface area (Å²) in [6.07, 6.45) is 1.89. The van der Waals surface area contributed by atoms with E-state index in [2.05, 4.69) is 22.0 Å². The third kappa shape index (κ3) is 2.33. The van der Waals surface area contributed by atoms with Gasteiger partial charge in [-0.2, -0.15) is 5.26 Å². The van der Waals surface area contributed by atoms with Gasteiger partial charge in [0.15, 0.2) is 0 Å². The van der Waals surface area contributed by atoms with Gasteiger partial charge in [0, 0.05) is 16.7 Å². The number of hydrogen-bond acceptors (Lipinski definition) is 2. The van der Waals surface area contributed by atoms with E-state index >= 15 is 0 Å². The standard InChI is InChI=1S/C14H14BrN3/c1-10(17)14(12-6-2-3-7-13(12)15)18-8-4-5-11(18)9-16/h2-8,10,14H,17H2,1H3. The lowest BCUT2D eigenvalue weighted by molar-refractivity contribution is 0.493. The summed E-state index contributed by atoms with van der Waals surface area (Å²) in [6.45, 7) is 1.95. The Morgan fingerprint density at radius 1 is 1.28 bits per heavy atom. The first kappa shape index (κ1) is 12.9. The van der Waals surface area contributed by atoms with Gasteiger partial charge in [0.05, 0.1) is 6.04 Å². The molecule has 0 aliphatic rings. The van der Waals surface area contributed by atoms with Gasteiger partial charge in [-0.15, -0.1) is 0 Å². The maximum absolute atomic E-state index is 9.13. The van der Waals surface area contributed by atoms with E-state index in [1.54, 1.807) is 6.07 Å². The smallest absolute Gasteiger partial charge is 0.120 e. The molecule has 4 heteroatoms. The molecule has 0 spiro atoms. The third-order valence-corrected chi connectivity index (χ3v) is 3.64. The number of benzene rings is 1. The van der Waals surface area contributed by atoms with Crippen molar-refractivity contribution in [2.75, 3.05) is 0 Å². The number of nitrogens with two attached hydrogens (primary N) is 1. The molecule has 2 N–H and O–H groups in total. The number of rotatable bonds is 3. The van der Waals surface area contributed by atoms with Crippen molar-refractivity contribution in [3.05, 3.63) is 58.3 Å². The first-order valence-electron chi connectivity index (χ1n) is 5.72. The lowest BCUT2D eigenvalue weighted by Crippen LogP contribution is -2.30. The fourth-order valence-electron chi connectivity index (χ4n) is 2.13. The molecule has 0 aliphatic carbocycles. The molecule has 0 saturated heterocycles. The molecule has 0 saturated carbocycles. The predicted molar refractivity (Wildman–Crippen MR) is 75.1 cm³/mol. The van der Waals surface area contributed by atoms with Gasteiger partial charge in [0.25, 0.3) is 0 Å². The Kier molecular flexibility index (Phi) is 3.85. The Morgan fingerprint density at radius 2 is 2.00 bits per heavy atom. The molecule has 0 fully saturated rings.